The molecule has 8 heteroatoms. The van der Waals surface area contributed by atoms with E-state index >= 15 is 0 Å². The Balaban J connectivity index is 0.00000420. The van der Waals surface area contributed by atoms with Crippen LogP contribution in [0.1, 0.15) is 46.2 Å². The summed E-state index contributed by atoms with van der Waals surface area (Å²) in [6.45, 7) is 13.7. The van der Waals surface area contributed by atoms with Crippen molar-refractivity contribution in [3.05, 3.63) is 23.9 Å². The summed E-state index contributed by atoms with van der Waals surface area (Å²) in [5, 5.41) is 9.77. The number of nitrogens with one attached hydrogen (secondary N) is 3. The molecule has 7 nitrogen and oxygen atoms in total. The average molecular weight is 516 g/mol. The third kappa shape index (κ3) is 8.76. The molecule has 0 atom stereocenters. The Bertz CT molecular complexity index is 665. The van der Waals surface area contributed by atoms with Gasteiger partial charge < -0.3 is 20.9 Å². The molecular formula is C21H37IN6O. The van der Waals surface area contributed by atoms with Crippen molar-refractivity contribution < 1.29 is 4.79 Å². The minimum absolute atomic E-state index is 0. The predicted octanol–water partition coefficient (Wildman–Crippen LogP) is 2.69. The quantitative estimate of drug-likeness (QED) is 0.235. The molecule has 0 unspecified atom stereocenters. The van der Waals surface area contributed by atoms with Crippen molar-refractivity contribution >= 4 is 41.7 Å². The molecule has 29 heavy (non-hydrogen) atoms. The lowest BCUT2D eigenvalue weighted by molar-refractivity contribution is -0.128. The normalized spacial score (nSPS) is 15.5. The highest BCUT2D eigenvalue weighted by Crippen LogP contribution is 2.18. The third-order valence-corrected chi connectivity index (χ3v) is 4.73. The summed E-state index contributed by atoms with van der Waals surface area (Å²) in [5.74, 6) is 1.94. The van der Waals surface area contributed by atoms with Gasteiger partial charge in [0, 0.05) is 43.3 Å². The molecule has 0 spiro atoms. The Kier molecular flexibility index (Phi) is 10.7. The van der Waals surface area contributed by atoms with Gasteiger partial charge >= 0.3 is 0 Å². The molecule has 1 aliphatic heterocycles. The minimum Gasteiger partial charge on any atom is -0.357 e. The smallest absolute Gasteiger partial charge is 0.225 e. The van der Waals surface area contributed by atoms with Gasteiger partial charge in [0.1, 0.15) is 5.82 Å². The highest BCUT2D eigenvalue weighted by atomic mass is 127. The first-order chi connectivity index (χ1) is 13.3. The van der Waals surface area contributed by atoms with E-state index < -0.39 is 0 Å². The first kappa shape index (κ1) is 25.5. The van der Waals surface area contributed by atoms with Crippen LogP contribution < -0.4 is 20.9 Å². The number of aliphatic imine (C=N–C) groups is 1. The maximum absolute atomic E-state index is 11.9. The van der Waals surface area contributed by atoms with Crippen LogP contribution in [0.25, 0.3) is 0 Å². The van der Waals surface area contributed by atoms with E-state index in [-0.39, 0.29) is 35.3 Å². The number of aryl methyl sites for hydroxylation is 1. The van der Waals surface area contributed by atoms with E-state index in [0.29, 0.717) is 19.1 Å². The Hall–Kier alpha value is -1.58. The van der Waals surface area contributed by atoms with Crippen molar-refractivity contribution in [3.8, 4) is 0 Å². The van der Waals surface area contributed by atoms with Crippen LogP contribution in [0.5, 0.6) is 0 Å². The zero-order chi connectivity index (χ0) is 20.6. The van der Waals surface area contributed by atoms with Crippen LogP contribution in [0.15, 0.2) is 23.2 Å². The van der Waals surface area contributed by atoms with Gasteiger partial charge in [0.2, 0.25) is 5.91 Å². The van der Waals surface area contributed by atoms with Crippen LogP contribution in [0.4, 0.5) is 5.82 Å². The Morgan fingerprint density at radius 2 is 1.93 bits per heavy atom. The van der Waals surface area contributed by atoms with E-state index in [1.165, 1.54) is 0 Å². The maximum Gasteiger partial charge on any atom is 0.225 e. The molecule has 1 aromatic heterocycles. The topological polar surface area (TPSA) is 81.6 Å². The number of anilines is 1. The molecule has 0 aromatic carbocycles. The van der Waals surface area contributed by atoms with Gasteiger partial charge in [0.15, 0.2) is 5.96 Å². The second-order valence-corrected chi connectivity index (χ2v) is 8.31. The molecule has 164 valence electrons. The van der Waals surface area contributed by atoms with Crippen molar-refractivity contribution in [2.24, 2.45) is 10.4 Å². The van der Waals surface area contributed by atoms with Gasteiger partial charge in [-0.15, -0.1) is 24.0 Å². The molecule has 3 N–H and O–H groups in total. The first-order valence-corrected chi connectivity index (χ1v) is 10.3. The standard InChI is InChI=1S/C21H36N6O.HI/c1-6-22-20(24-13-12-23-19(28)21(3,4)5)26-17-10-14-27(15-11-17)18-9-7-8-16(2)25-18;/h7-9,17H,6,10-15H2,1-5H3,(H,23,28)(H2,22,24,26);1H. The number of amides is 1. The van der Waals surface area contributed by atoms with E-state index in [9.17, 15) is 4.79 Å². The summed E-state index contributed by atoms with van der Waals surface area (Å²) in [6.07, 6.45) is 2.08. The van der Waals surface area contributed by atoms with Crippen molar-refractivity contribution in [2.45, 2.75) is 53.5 Å². The van der Waals surface area contributed by atoms with Gasteiger partial charge in [-0.05, 0) is 38.8 Å². The summed E-state index contributed by atoms with van der Waals surface area (Å²) < 4.78 is 0. The molecular weight excluding hydrogens is 479 g/mol. The van der Waals surface area contributed by atoms with Crippen LogP contribution in [-0.4, -0.2) is 55.6 Å². The third-order valence-electron chi connectivity index (χ3n) is 4.73. The van der Waals surface area contributed by atoms with Crippen molar-refractivity contribution in [1.29, 1.82) is 0 Å². The van der Waals surface area contributed by atoms with Crippen LogP contribution in [-0.2, 0) is 4.79 Å². The first-order valence-electron chi connectivity index (χ1n) is 10.3. The van der Waals surface area contributed by atoms with Gasteiger partial charge in [-0.1, -0.05) is 26.8 Å². The molecule has 1 aliphatic rings. The van der Waals surface area contributed by atoms with Crippen molar-refractivity contribution in [2.75, 3.05) is 37.6 Å². The van der Waals surface area contributed by atoms with E-state index in [1.54, 1.807) is 0 Å². The second-order valence-electron chi connectivity index (χ2n) is 8.31. The molecule has 0 bridgehead atoms. The van der Waals surface area contributed by atoms with Crippen LogP contribution in [0.2, 0.25) is 0 Å². The number of carbonyl (C=O) groups is 1. The van der Waals surface area contributed by atoms with E-state index in [0.717, 1.165) is 49.9 Å². The highest BCUT2D eigenvalue weighted by Gasteiger charge is 2.21. The van der Waals surface area contributed by atoms with Gasteiger partial charge in [-0.2, -0.15) is 0 Å². The fourth-order valence-electron chi connectivity index (χ4n) is 3.07. The molecule has 2 rings (SSSR count). The minimum atomic E-state index is -0.368. The lowest BCUT2D eigenvalue weighted by atomic mass is 9.96. The Morgan fingerprint density at radius 3 is 2.52 bits per heavy atom. The molecule has 0 aliphatic carbocycles. The SMILES string of the molecule is CCNC(=NCCNC(=O)C(C)(C)C)NC1CCN(c2cccc(C)n2)CC1.I. The Labute approximate surface area is 192 Å². The highest BCUT2D eigenvalue weighted by molar-refractivity contribution is 14.0. The van der Waals surface area contributed by atoms with Crippen molar-refractivity contribution in [3.63, 3.8) is 0 Å². The van der Waals surface area contributed by atoms with Crippen LogP contribution >= 0.6 is 24.0 Å². The number of halogens is 1. The van der Waals surface area contributed by atoms with E-state index in [4.69, 9.17) is 0 Å². The number of rotatable bonds is 6. The summed E-state index contributed by atoms with van der Waals surface area (Å²) >= 11 is 0. The number of hydrogen-bond donors (Lipinski definition) is 3. The molecule has 1 saturated heterocycles. The molecule has 2 heterocycles. The number of nitrogens with zero attached hydrogens (tertiary/aromatic N) is 3. The predicted molar refractivity (Wildman–Crippen MR) is 131 cm³/mol. The summed E-state index contributed by atoms with van der Waals surface area (Å²) in [4.78, 5) is 23.5. The largest absolute Gasteiger partial charge is 0.357 e. The van der Waals surface area contributed by atoms with E-state index in [2.05, 4.69) is 49.9 Å². The number of pyridine rings is 1. The lowest BCUT2D eigenvalue weighted by Crippen LogP contribution is -2.49. The van der Waals surface area contributed by atoms with E-state index in [1.807, 2.05) is 33.8 Å². The summed E-state index contributed by atoms with van der Waals surface area (Å²) in [6, 6.07) is 6.57. The second kappa shape index (κ2) is 12.2. The molecule has 1 aromatic rings. The van der Waals surface area contributed by atoms with Crippen LogP contribution in [0, 0.1) is 12.3 Å². The monoisotopic (exact) mass is 516 g/mol. The number of carbonyl (C=O) groups excluding carboxylic acids is 1. The fourth-order valence-corrected chi connectivity index (χ4v) is 3.07. The summed E-state index contributed by atoms with van der Waals surface area (Å²) in [5.41, 5.74) is 0.685. The van der Waals surface area contributed by atoms with Crippen LogP contribution in [0.3, 0.4) is 0 Å². The zero-order valence-electron chi connectivity index (χ0n) is 18.4. The Morgan fingerprint density at radius 1 is 1.24 bits per heavy atom. The van der Waals surface area contributed by atoms with Gasteiger partial charge in [0.25, 0.3) is 0 Å². The molecule has 1 amide bonds. The van der Waals surface area contributed by atoms with Gasteiger partial charge in [-0.3, -0.25) is 9.79 Å². The van der Waals surface area contributed by atoms with Gasteiger partial charge in [0.05, 0.1) is 6.54 Å². The number of aromatic nitrogens is 1. The molecule has 0 saturated carbocycles. The number of piperidine rings is 1. The average Bonchev–Trinajstić information content (AvgIpc) is 2.65. The summed E-state index contributed by atoms with van der Waals surface area (Å²) in [7, 11) is 0. The lowest BCUT2D eigenvalue weighted by Gasteiger charge is -2.34. The molecule has 1 fully saturated rings. The maximum atomic E-state index is 11.9. The van der Waals surface area contributed by atoms with Gasteiger partial charge in [-0.25, -0.2) is 4.98 Å². The van der Waals surface area contributed by atoms with Crippen molar-refractivity contribution in [1.82, 2.24) is 20.9 Å². The number of guanidine groups is 1. The number of hydrogen-bond acceptors (Lipinski definition) is 4. The fraction of sp³-hybridized carbons (Fsp3) is 0.667. The zero-order valence-corrected chi connectivity index (χ0v) is 20.7. The molecule has 0 radical (unpaired) electrons.